The van der Waals surface area contributed by atoms with Crippen molar-refractivity contribution in [3.05, 3.63) is 62.6 Å². The third kappa shape index (κ3) is 4.26. The van der Waals surface area contributed by atoms with Crippen molar-refractivity contribution >= 4 is 11.9 Å². The highest BCUT2D eigenvalue weighted by Gasteiger charge is 2.10. The molecule has 0 unspecified atom stereocenters. The molecule has 0 aliphatic rings. The van der Waals surface area contributed by atoms with Gasteiger partial charge in [0.1, 0.15) is 6.54 Å². The number of carbonyl (C=O) groups is 2. The van der Waals surface area contributed by atoms with Gasteiger partial charge < -0.3 is 10.4 Å². The Kier molecular flexibility index (Phi) is 4.90. The van der Waals surface area contributed by atoms with E-state index in [2.05, 4.69) is 15.5 Å². The van der Waals surface area contributed by atoms with Gasteiger partial charge in [0.25, 0.3) is 11.5 Å². The molecule has 1 aromatic carbocycles. The summed E-state index contributed by atoms with van der Waals surface area (Å²) >= 11 is 0. The summed E-state index contributed by atoms with van der Waals surface area (Å²) in [5.74, 6) is -1.54. The van der Waals surface area contributed by atoms with Crippen molar-refractivity contribution in [3.8, 4) is 0 Å². The van der Waals surface area contributed by atoms with E-state index in [-0.39, 0.29) is 5.56 Å². The van der Waals surface area contributed by atoms with Crippen molar-refractivity contribution in [2.24, 2.45) is 0 Å². The smallest absolute Gasteiger partial charge is 0.322 e. The number of carbonyl (C=O) groups excluding carboxylic acids is 1. The lowest BCUT2D eigenvalue weighted by Gasteiger charge is -2.09. The number of nitrogens with zero attached hydrogens (tertiary/aromatic N) is 1. The molecule has 7 heteroatoms. The molecule has 3 N–H and O–H groups in total. The molecule has 0 spiro atoms. The predicted octanol–water partition coefficient (Wildman–Crippen LogP) is 0.792. The Balaban J connectivity index is 2.19. The quantitative estimate of drug-likeness (QED) is 0.755. The van der Waals surface area contributed by atoms with Gasteiger partial charge in [0.2, 0.25) is 0 Å². The van der Waals surface area contributed by atoms with E-state index < -0.39 is 18.4 Å². The Labute approximate surface area is 132 Å². The van der Waals surface area contributed by atoms with Gasteiger partial charge in [-0.3, -0.25) is 14.4 Å². The van der Waals surface area contributed by atoms with Crippen molar-refractivity contribution in [1.29, 1.82) is 0 Å². The van der Waals surface area contributed by atoms with E-state index in [4.69, 9.17) is 5.11 Å². The van der Waals surface area contributed by atoms with Crippen LogP contribution in [-0.2, 0) is 11.2 Å². The van der Waals surface area contributed by atoms with Gasteiger partial charge in [0, 0.05) is 17.5 Å². The fourth-order valence-corrected chi connectivity index (χ4v) is 2.19. The normalized spacial score (nSPS) is 10.3. The average molecular weight is 315 g/mol. The molecule has 0 radical (unpaired) electrons. The lowest BCUT2D eigenvalue weighted by Crippen LogP contribution is -2.29. The standard InChI is InChI=1S/C16H17N3O4/c1-9-5-12(15(22)17-8-14(20)21)4-3-11(9)7-13-6-10(2)18-19-16(13)23/h3-6H,7-8H2,1-2H3,(H,17,22)(H,19,23)(H,20,21). The van der Waals surface area contributed by atoms with Gasteiger partial charge >= 0.3 is 5.97 Å². The van der Waals surface area contributed by atoms with E-state index in [1.165, 1.54) is 0 Å². The second-order valence-corrected chi connectivity index (χ2v) is 5.26. The molecule has 1 amide bonds. The zero-order valence-corrected chi connectivity index (χ0v) is 12.8. The van der Waals surface area contributed by atoms with Gasteiger partial charge in [-0.05, 0) is 43.2 Å². The highest BCUT2D eigenvalue weighted by atomic mass is 16.4. The lowest BCUT2D eigenvalue weighted by molar-refractivity contribution is -0.135. The van der Waals surface area contributed by atoms with E-state index in [1.807, 2.05) is 6.92 Å². The molecule has 0 atom stereocenters. The molecule has 23 heavy (non-hydrogen) atoms. The van der Waals surface area contributed by atoms with Crippen LogP contribution in [-0.4, -0.2) is 33.7 Å². The van der Waals surface area contributed by atoms with Gasteiger partial charge in [0.15, 0.2) is 0 Å². The van der Waals surface area contributed by atoms with Gasteiger partial charge in [-0.1, -0.05) is 6.07 Å². The van der Waals surface area contributed by atoms with Crippen molar-refractivity contribution in [1.82, 2.24) is 15.5 Å². The minimum absolute atomic E-state index is 0.238. The Bertz CT molecular complexity index is 811. The van der Waals surface area contributed by atoms with Gasteiger partial charge in [-0.2, -0.15) is 5.10 Å². The Hall–Kier alpha value is -2.96. The molecular weight excluding hydrogens is 298 g/mol. The fraction of sp³-hybridized carbons (Fsp3) is 0.250. The first-order chi connectivity index (χ1) is 10.9. The average Bonchev–Trinajstić information content (AvgIpc) is 2.50. The summed E-state index contributed by atoms with van der Waals surface area (Å²) in [5.41, 5.74) is 3.23. The molecule has 0 fully saturated rings. The van der Waals surface area contributed by atoms with E-state index in [1.54, 1.807) is 31.2 Å². The van der Waals surface area contributed by atoms with Crippen LogP contribution in [0.15, 0.2) is 29.1 Å². The Morgan fingerprint density at radius 1 is 1.22 bits per heavy atom. The van der Waals surface area contributed by atoms with Crippen LogP contribution in [0.3, 0.4) is 0 Å². The summed E-state index contributed by atoms with van der Waals surface area (Å²) in [7, 11) is 0. The van der Waals surface area contributed by atoms with E-state index in [9.17, 15) is 14.4 Å². The first-order valence-electron chi connectivity index (χ1n) is 7.01. The van der Waals surface area contributed by atoms with Crippen LogP contribution in [0.25, 0.3) is 0 Å². The SMILES string of the molecule is Cc1cc(Cc2ccc(C(=O)NCC(=O)O)cc2C)c(=O)[nH]n1. The van der Waals surface area contributed by atoms with Crippen LogP contribution in [0.5, 0.6) is 0 Å². The third-order valence-corrected chi connectivity index (χ3v) is 3.39. The molecule has 2 aromatic rings. The lowest BCUT2D eigenvalue weighted by atomic mass is 9.99. The number of nitrogens with one attached hydrogen (secondary N) is 2. The summed E-state index contributed by atoms with van der Waals surface area (Å²) < 4.78 is 0. The number of amides is 1. The highest BCUT2D eigenvalue weighted by molar-refractivity contribution is 5.96. The van der Waals surface area contributed by atoms with Crippen LogP contribution >= 0.6 is 0 Å². The number of carboxylic acid groups (broad SMARTS) is 1. The number of hydrogen-bond acceptors (Lipinski definition) is 4. The molecule has 0 aliphatic carbocycles. The molecule has 0 saturated heterocycles. The predicted molar refractivity (Wildman–Crippen MR) is 83.5 cm³/mol. The molecular formula is C16H17N3O4. The number of aromatic amines is 1. The summed E-state index contributed by atoms with van der Waals surface area (Å²) in [6.45, 7) is 3.21. The second kappa shape index (κ2) is 6.87. The van der Waals surface area contributed by atoms with Gasteiger partial charge in [-0.25, -0.2) is 5.10 Å². The maximum atomic E-state index is 11.8. The number of aryl methyl sites for hydroxylation is 2. The number of benzene rings is 1. The zero-order chi connectivity index (χ0) is 17.0. The van der Waals surface area contributed by atoms with Crippen LogP contribution in [0, 0.1) is 13.8 Å². The van der Waals surface area contributed by atoms with Gasteiger partial charge in [-0.15, -0.1) is 0 Å². The van der Waals surface area contributed by atoms with Crippen LogP contribution in [0.1, 0.15) is 32.7 Å². The molecule has 1 aromatic heterocycles. The summed E-state index contributed by atoms with van der Waals surface area (Å²) in [6.07, 6.45) is 0.432. The maximum absolute atomic E-state index is 11.8. The van der Waals surface area contributed by atoms with Crippen molar-refractivity contribution in [2.75, 3.05) is 6.54 Å². The first-order valence-corrected chi connectivity index (χ1v) is 7.01. The van der Waals surface area contributed by atoms with Crippen LogP contribution in [0.4, 0.5) is 0 Å². The van der Waals surface area contributed by atoms with Crippen molar-refractivity contribution in [2.45, 2.75) is 20.3 Å². The largest absolute Gasteiger partial charge is 0.480 e. The minimum Gasteiger partial charge on any atom is -0.480 e. The zero-order valence-electron chi connectivity index (χ0n) is 12.8. The number of aromatic nitrogens is 2. The summed E-state index contributed by atoms with van der Waals surface area (Å²) in [6, 6.07) is 6.78. The van der Waals surface area contributed by atoms with Crippen LogP contribution < -0.4 is 10.9 Å². The van der Waals surface area contributed by atoms with Crippen molar-refractivity contribution in [3.63, 3.8) is 0 Å². The van der Waals surface area contributed by atoms with Gasteiger partial charge in [0.05, 0.1) is 5.69 Å². The molecule has 1 heterocycles. The second-order valence-electron chi connectivity index (χ2n) is 5.26. The topological polar surface area (TPSA) is 112 Å². The number of rotatable bonds is 5. The highest BCUT2D eigenvalue weighted by Crippen LogP contribution is 2.14. The Morgan fingerprint density at radius 3 is 2.61 bits per heavy atom. The number of carboxylic acids is 1. The van der Waals surface area contributed by atoms with E-state index in [0.717, 1.165) is 16.8 Å². The first kappa shape index (κ1) is 16.4. The number of H-pyrrole nitrogens is 1. The van der Waals surface area contributed by atoms with E-state index >= 15 is 0 Å². The number of hydrogen-bond donors (Lipinski definition) is 3. The van der Waals surface area contributed by atoms with Crippen molar-refractivity contribution < 1.29 is 14.7 Å². The fourth-order valence-electron chi connectivity index (χ4n) is 2.19. The maximum Gasteiger partial charge on any atom is 0.322 e. The Morgan fingerprint density at radius 2 is 1.96 bits per heavy atom. The monoisotopic (exact) mass is 315 g/mol. The van der Waals surface area contributed by atoms with E-state index in [0.29, 0.717) is 17.5 Å². The molecule has 120 valence electrons. The minimum atomic E-state index is -1.10. The molecule has 0 aliphatic heterocycles. The molecule has 7 nitrogen and oxygen atoms in total. The molecule has 2 rings (SSSR count). The molecule has 0 bridgehead atoms. The molecule has 0 saturated carbocycles. The summed E-state index contributed by atoms with van der Waals surface area (Å²) in [4.78, 5) is 34.1. The summed E-state index contributed by atoms with van der Waals surface area (Å²) in [5, 5.41) is 17.2. The third-order valence-electron chi connectivity index (χ3n) is 3.39. The number of aliphatic carboxylic acids is 1. The van der Waals surface area contributed by atoms with Crippen LogP contribution in [0.2, 0.25) is 0 Å².